The van der Waals surface area contributed by atoms with Gasteiger partial charge in [0.25, 0.3) is 0 Å². The van der Waals surface area contributed by atoms with Crippen LogP contribution >= 0.6 is 0 Å². The zero-order valence-electron chi connectivity index (χ0n) is 21.4. The Bertz CT molecular complexity index is 914. The monoisotopic (exact) mass is 502 g/mol. The molecule has 1 aromatic rings. The maximum absolute atomic E-state index is 12.0. The van der Waals surface area contributed by atoms with Gasteiger partial charge in [0, 0.05) is 45.3 Å². The molecule has 0 radical (unpaired) electrons. The maximum Gasteiger partial charge on any atom is 0.404 e. The summed E-state index contributed by atoms with van der Waals surface area (Å²) in [7, 11) is 0. The summed E-state index contributed by atoms with van der Waals surface area (Å²) < 4.78 is 17.1. The van der Waals surface area contributed by atoms with Crippen LogP contribution in [-0.4, -0.2) is 104 Å². The molecule has 3 amide bonds. The van der Waals surface area contributed by atoms with Crippen LogP contribution in [0.2, 0.25) is 0 Å². The third kappa shape index (κ3) is 7.98. The number of ether oxygens (including phenoxy) is 3. The molecule has 0 aromatic heterocycles. The van der Waals surface area contributed by atoms with Crippen molar-refractivity contribution < 1.29 is 23.8 Å². The first-order valence-corrected chi connectivity index (χ1v) is 12.3. The summed E-state index contributed by atoms with van der Waals surface area (Å²) in [5.74, 6) is 0.638. The van der Waals surface area contributed by atoms with E-state index in [1.807, 2.05) is 0 Å². The SMILES string of the molecule is CC(C)(C)C(COC(N)=O)N1CC2CN(CCN(CCOc3ccc(C#N)cc3)C(N)=O)CC(C1)O2. The van der Waals surface area contributed by atoms with Crippen LogP contribution in [0.1, 0.15) is 26.3 Å². The highest BCUT2D eigenvalue weighted by molar-refractivity contribution is 5.71. The minimum Gasteiger partial charge on any atom is -0.492 e. The Balaban J connectivity index is 1.47. The Morgan fingerprint density at radius 3 is 2.31 bits per heavy atom. The lowest BCUT2D eigenvalue weighted by Crippen LogP contribution is -2.64. The number of nitrogens with two attached hydrogens (primary N) is 2. The molecule has 2 aliphatic rings. The molecule has 2 fully saturated rings. The quantitative estimate of drug-likeness (QED) is 0.485. The van der Waals surface area contributed by atoms with E-state index in [0.29, 0.717) is 37.6 Å². The number of nitriles is 1. The largest absolute Gasteiger partial charge is 0.492 e. The van der Waals surface area contributed by atoms with E-state index in [1.54, 1.807) is 29.2 Å². The van der Waals surface area contributed by atoms with Gasteiger partial charge in [-0.15, -0.1) is 0 Å². The number of primary amides is 2. The summed E-state index contributed by atoms with van der Waals surface area (Å²) in [6, 6.07) is 8.45. The van der Waals surface area contributed by atoms with Crippen molar-refractivity contribution in [2.24, 2.45) is 16.9 Å². The normalized spacial score (nSPS) is 21.3. The number of morpholine rings is 2. The van der Waals surface area contributed by atoms with Gasteiger partial charge >= 0.3 is 12.1 Å². The third-order valence-electron chi connectivity index (χ3n) is 6.62. The smallest absolute Gasteiger partial charge is 0.404 e. The van der Waals surface area contributed by atoms with Gasteiger partial charge in [-0.2, -0.15) is 5.26 Å². The van der Waals surface area contributed by atoms with E-state index >= 15 is 0 Å². The van der Waals surface area contributed by atoms with Crippen molar-refractivity contribution in [1.29, 1.82) is 5.26 Å². The van der Waals surface area contributed by atoms with Crippen molar-refractivity contribution in [3.8, 4) is 11.8 Å². The van der Waals surface area contributed by atoms with Crippen LogP contribution in [0.3, 0.4) is 0 Å². The Morgan fingerprint density at radius 1 is 1.14 bits per heavy atom. The van der Waals surface area contributed by atoms with Crippen molar-refractivity contribution >= 4 is 12.1 Å². The number of urea groups is 1. The van der Waals surface area contributed by atoms with Crippen molar-refractivity contribution in [2.45, 2.75) is 39.0 Å². The molecule has 2 aliphatic heterocycles. The predicted molar refractivity (Wildman–Crippen MR) is 133 cm³/mol. The van der Waals surface area contributed by atoms with Crippen LogP contribution in [0.15, 0.2) is 24.3 Å². The topological polar surface area (TPSA) is 147 Å². The highest BCUT2D eigenvalue weighted by Crippen LogP contribution is 2.29. The Morgan fingerprint density at radius 2 is 1.78 bits per heavy atom. The molecule has 4 N–H and O–H groups in total. The number of carbonyl (C=O) groups excluding carboxylic acids is 2. The van der Waals surface area contributed by atoms with Crippen molar-refractivity contribution in [2.75, 3.05) is 59.0 Å². The number of benzene rings is 1. The number of carbonyl (C=O) groups is 2. The first-order chi connectivity index (χ1) is 17.0. The molecule has 0 spiro atoms. The molecule has 1 aromatic carbocycles. The molecular weight excluding hydrogens is 464 g/mol. The summed E-state index contributed by atoms with van der Waals surface area (Å²) in [6.07, 6.45) is -0.708. The highest BCUT2D eigenvalue weighted by Gasteiger charge is 2.41. The summed E-state index contributed by atoms with van der Waals surface area (Å²) in [5.41, 5.74) is 11.3. The van der Waals surface area contributed by atoms with Crippen molar-refractivity contribution in [3.63, 3.8) is 0 Å². The van der Waals surface area contributed by atoms with Crippen LogP contribution in [0.5, 0.6) is 5.75 Å². The molecule has 11 heteroatoms. The molecule has 36 heavy (non-hydrogen) atoms. The van der Waals surface area contributed by atoms with Crippen LogP contribution in [0.25, 0.3) is 0 Å². The number of fused-ring (bicyclic) bond motifs is 2. The minimum absolute atomic E-state index is 0.0256. The second-order valence-electron chi connectivity index (χ2n) is 10.4. The van der Waals surface area contributed by atoms with Gasteiger partial charge in [0.15, 0.2) is 0 Å². The van der Waals surface area contributed by atoms with Gasteiger partial charge in [0.2, 0.25) is 0 Å². The maximum atomic E-state index is 12.0. The average Bonchev–Trinajstić information content (AvgIpc) is 2.80. The number of hydrogen-bond donors (Lipinski definition) is 2. The lowest BCUT2D eigenvalue weighted by atomic mass is 9.85. The Kier molecular flexibility index (Phi) is 9.37. The lowest BCUT2D eigenvalue weighted by molar-refractivity contribution is -0.156. The summed E-state index contributed by atoms with van der Waals surface area (Å²) >= 11 is 0. The fraction of sp³-hybridized carbons (Fsp3) is 0.640. The van der Waals surface area contributed by atoms with Gasteiger partial charge in [-0.3, -0.25) is 9.80 Å². The van der Waals surface area contributed by atoms with Crippen LogP contribution in [-0.2, 0) is 9.47 Å². The second kappa shape index (κ2) is 12.3. The molecule has 3 unspecified atom stereocenters. The molecular formula is C25H38N6O5. The average molecular weight is 503 g/mol. The fourth-order valence-electron chi connectivity index (χ4n) is 4.80. The molecule has 2 bridgehead atoms. The highest BCUT2D eigenvalue weighted by atomic mass is 16.5. The molecule has 11 nitrogen and oxygen atoms in total. The molecule has 0 aliphatic carbocycles. The number of rotatable bonds is 10. The molecule has 2 heterocycles. The summed E-state index contributed by atoms with van der Waals surface area (Å²) in [5, 5.41) is 8.88. The van der Waals surface area contributed by atoms with E-state index in [0.717, 1.165) is 26.2 Å². The minimum atomic E-state index is -0.759. The van der Waals surface area contributed by atoms with E-state index < -0.39 is 12.1 Å². The summed E-state index contributed by atoms with van der Waals surface area (Å²) in [6.45, 7) is 11.4. The molecule has 198 valence electrons. The van der Waals surface area contributed by atoms with E-state index in [2.05, 4.69) is 36.6 Å². The Labute approximate surface area is 212 Å². The van der Waals surface area contributed by atoms with Gasteiger partial charge in [-0.05, 0) is 29.7 Å². The molecule has 3 atom stereocenters. The zero-order valence-corrected chi connectivity index (χ0v) is 21.4. The van der Waals surface area contributed by atoms with Crippen LogP contribution < -0.4 is 16.2 Å². The summed E-state index contributed by atoms with van der Waals surface area (Å²) in [4.78, 5) is 29.4. The first-order valence-electron chi connectivity index (χ1n) is 12.3. The number of nitrogens with zero attached hydrogens (tertiary/aromatic N) is 4. The van der Waals surface area contributed by atoms with Gasteiger partial charge in [0.05, 0.1) is 30.4 Å². The van der Waals surface area contributed by atoms with Crippen molar-refractivity contribution in [1.82, 2.24) is 14.7 Å². The van der Waals surface area contributed by atoms with Crippen LogP contribution in [0, 0.1) is 16.7 Å². The first kappa shape index (κ1) is 27.5. The van der Waals surface area contributed by atoms with Crippen LogP contribution in [0.4, 0.5) is 9.59 Å². The van der Waals surface area contributed by atoms with E-state index in [-0.39, 0.29) is 30.3 Å². The number of amides is 3. The van der Waals surface area contributed by atoms with Gasteiger partial charge in [-0.1, -0.05) is 20.8 Å². The Hall–Kier alpha value is -3.07. The second-order valence-corrected chi connectivity index (χ2v) is 10.4. The molecule has 0 saturated carbocycles. The third-order valence-corrected chi connectivity index (χ3v) is 6.62. The lowest BCUT2D eigenvalue weighted by Gasteiger charge is -2.50. The van der Waals surface area contributed by atoms with Gasteiger partial charge in [-0.25, -0.2) is 9.59 Å². The van der Waals surface area contributed by atoms with E-state index in [4.69, 9.17) is 30.9 Å². The van der Waals surface area contributed by atoms with E-state index in [1.165, 1.54) is 0 Å². The predicted octanol–water partition coefficient (Wildman–Crippen LogP) is 1.21. The van der Waals surface area contributed by atoms with Crippen molar-refractivity contribution in [3.05, 3.63) is 29.8 Å². The standard InChI is InChI=1S/C25H38N6O5/c1-25(2,3)22(17-35-24(28)33)31-15-20-13-29(14-21(16-31)36-20)8-9-30(23(27)32)10-11-34-19-6-4-18(12-26)5-7-19/h4-7,20-22H,8-11,13-17H2,1-3H3,(H2,27,32)(H2,28,33). The van der Waals surface area contributed by atoms with Gasteiger partial charge < -0.3 is 30.6 Å². The molecule has 3 rings (SSSR count). The zero-order chi connectivity index (χ0) is 26.3. The fourth-order valence-corrected chi connectivity index (χ4v) is 4.80. The van der Waals surface area contributed by atoms with E-state index in [9.17, 15) is 9.59 Å². The molecule has 2 saturated heterocycles. The number of hydrogen-bond acceptors (Lipinski definition) is 8. The van der Waals surface area contributed by atoms with Gasteiger partial charge in [0.1, 0.15) is 19.0 Å².